The maximum atomic E-state index is 13.5. The number of aryl methyl sites for hydroxylation is 1. The molecule has 0 saturated heterocycles. The maximum Gasteiger partial charge on any atom is 0.271 e. The molecule has 2 atom stereocenters. The molecule has 1 aliphatic rings. The summed E-state index contributed by atoms with van der Waals surface area (Å²) in [6.45, 7) is 4.98. The second kappa shape index (κ2) is 16.6. The smallest absolute Gasteiger partial charge is 0.271 e. The van der Waals surface area contributed by atoms with E-state index in [4.69, 9.17) is 0 Å². The largest absolute Gasteiger partial charge is 0.351 e. The van der Waals surface area contributed by atoms with E-state index < -0.39 is 6.04 Å². The van der Waals surface area contributed by atoms with Crippen molar-refractivity contribution in [2.24, 2.45) is 13.0 Å². The molecule has 0 fully saturated rings. The SMILES string of the molecule is CC(C)C[C@@H]1NC(=O)CCCN(C(=O)c2ccn(C)c(=O)c2)CCCNC(=O)c2csc(n2)[C@H](Cc2ccccc2)NC(=O)c2csc1n2. The van der Waals surface area contributed by atoms with Crippen LogP contribution >= 0.6 is 22.7 Å². The Labute approximate surface area is 293 Å². The van der Waals surface area contributed by atoms with Crippen LogP contribution in [0.3, 0.4) is 0 Å². The molecule has 12 nitrogen and oxygen atoms in total. The molecule has 4 amide bonds. The molecule has 1 aliphatic heterocycles. The van der Waals surface area contributed by atoms with Crippen molar-refractivity contribution in [2.75, 3.05) is 19.6 Å². The number of thiazole rings is 2. The number of hydrogen-bond donors (Lipinski definition) is 3. The second-order valence-corrected chi connectivity index (χ2v) is 14.3. The van der Waals surface area contributed by atoms with Gasteiger partial charge in [0.05, 0.1) is 12.1 Å². The van der Waals surface area contributed by atoms with Crippen LogP contribution in [0.15, 0.2) is 64.2 Å². The van der Waals surface area contributed by atoms with Crippen molar-refractivity contribution in [3.05, 3.63) is 102 Å². The Morgan fingerprint density at radius 2 is 1.57 bits per heavy atom. The lowest BCUT2D eigenvalue weighted by Gasteiger charge is -2.23. The zero-order valence-corrected chi connectivity index (χ0v) is 29.4. The number of nitrogens with one attached hydrogen (secondary N) is 3. The van der Waals surface area contributed by atoms with Crippen LogP contribution in [0.2, 0.25) is 0 Å². The van der Waals surface area contributed by atoms with Gasteiger partial charge in [-0.2, -0.15) is 0 Å². The minimum atomic E-state index is -0.513. The quantitative estimate of drug-likeness (QED) is 0.281. The van der Waals surface area contributed by atoms with Crippen molar-refractivity contribution in [3.8, 4) is 0 Å². The topological polar surface area (TPSA) is 155 Å². The van der Waals surface area contributed by atoms with Gasteiger partial charge >= 0.3 is 0 Å². The van der Waals surface area contributed by atoms with Crippen LogP contribution in [0.5, 0.6) is 0 Å². The van der Waals surface area contributed by atoms with Gasteiger partial charge in [0.1, 0.15) is 21.4 Å². The third-order valence-corrected chi connectivity index (χ3v) is 10.0. The molecule has 0 radical (unpaired) electrons. The number of benzene rings is 1. The van der Waals surface area contributed by atoms with Crippen molar-refractivity contribution in [2.45, 2.75) is 58.0 Å². The van der Waals surface area contributed by atoms with Crippen LogP contribution < -0.4 is 21.5 Å². The summed E-state index contributed by atoms with van der Waals surface area (Å²) in [5.41, 5.74) is 1.44. The Hall–Kier alpha value is -4.69. The summed E-state index contributed by atoms with van der Waals surface area (Å²) in [7, 11) is 1.61. The fraction of sp³-hybridized carbons (Fsp3) is 0.400. The van der Waals surface area contributed by atoms with Crippen LogP contribution in [-0.4, -0.2) is 62.7 Å². The number of aromatic nitrogens is 3. The molecule has 1 aromatic carbocycles. The Balaban J connectivity index is 1.42. The minimum absolute atomic E-state index is 0.164. The average Bonchev–Trinajstić information content (AvgIpc) is 3.77. The molecular weight excluding hydrogens is 663 g/mol. The molecule has 3 aromatic heterocycles. The third-order valence-electron chi connectivity index (χ3n) is 8.10. The number of carbonyl (C=O) groups excluding carboxylic acids is 4. The summed E-state index contributed by atoms with van der Waals surface area (Å²) in [6.07, 6.45) is 3.64. The highest BCUT2D eigenvalue weighted by Gasteiger charge is 2.26. The molecule has 49 heavy (non-hydrogen) atoms. The number of rotatable bonds is 5. The number of nitrogens with zero attached hydrogens (tertiary/aromatic N) is 4. The van der Waals surface area contributed by atoms with Crippen molar-refractivity contribution >= 4 is 46.3 Å². The van der Waals surface area contributed by atoms with Crippen LogP contribution in [-0.2, 0) is 18.3 Å². The summed E-state index contributed by atoms with van der Waals surface area (Å²) >= 11 is 2.61. The normalized spacial score (nSPS) is 18.3. The number of carbonyl (C=O) groups is 4. The van der Waals surface area contributed by atoms with E-state index in [0.29, 0.717) is 42.2 Å². The lowest BCUT2D eigenvalue weighted by atomic mass is 10.0. The molecule has 4 bridgehead atoms. The fourth-order valence-electron chi connectivity index (χ4n) is 5.52. The van der Waals surface area contributed by atoms with E-state index in [1.807, 2.05) is 30.3 Å². The summed E-state index contributed by atoms with van der Waals surface area (Å²) in [6, 6.07) is 11.7. The first-order chi connectivity index (χ1) is 23.6. The highest BCUT2D eigenvalue weighted by molar-refractivity contribution is 7.10. The molecular formula is C35H41N7O5S2. The number of pyridine rings is 1. The summed E-state index contributed by atoms with van der Waals surface area (Å²) in [5, 5.41) is 13.6. The van der Waals surface area contributed by atoms with E-state index in [9.17, 15) is 24.0 Å². The van der Waals surface area contributed by atoms with Crippen LogP contribution in [0.1, 0.15) is 98.5 Å². The van der Waals surface area contributed by atoms with Crippen molar-refractivity contribution < 1.29 is 19.2 Å². The number of fused-ring (bicyclic) bond motifs is 4. The van der Waals surface area contributed by atoms with E-state index >= 15 is 0 Å². The van der Waals surface area contributed by atoms with Gasteiger partial charge in [0.25, 0.3) is 23.3 Å². The number of hydrogen-bond acceptors (Lipinski definition) is 9. The lowest BCUT2D eigenvalue weighted by Crippen LogP contribution is -2.36. The van der Waals surface area contributed by atoms with Crippen molar-refractivity contribution in [1.29, 1.82) is 0 Å². The van der Waals surface area contributed by atoms with Gasteiger partial charge in [-0.3, -0.25) is 24.0 Å². The fourth-order valence-corrected chi connectivity index (χ4v) is 7.23. The summed E-state index contributed by atoms with van der Waals surface area (Å²) in [4.78, 5) is 76.4. The highest BCUT2D eigenvalue weighted by Crippen LogP contribution is 2.27. The Bertz CT molecular complexity index is 1830. The zero-order valence-electron chi connectivity index (χ0n) is 27.8. The molecule has 4 aromatic rings. The third kappa shape index (κ3) is 9.70. The van der Waals surface area contributed by atoms with Crippen LogP contribution in [0, 0.1) is 5.92 Å². The van der Waals surface area contributed by atoms with Gasteiger partial charge in [0.2, 0.25) is 5.91 Å². The first-order valence-corrected chi connectivity index (χ1v) is 18.1. The van der Waals surface area contributed by atoms with Gasteiger partial charge in [-0.25, -0.2) is 9.97 Å². The van der Waals surface area contributed by atoms with Gasteiger partial charge in [-0.15, -0.1) is 22.7 Å². The predicted molar refractivity (Wildman–Crippen MR) is 189 cm³/mol. The maximum absolute atomic E-state index is 13.5. The summed E-state index contributed by atoms with van der Waals surface area (Å²) in [5.74, 6) is -0.987. The van der Waals surface area contributed by atoms with Gasteiger partial charge in [0.15, 0.2) is 0 Å². The molecule has 14 heteroatoms. The molecule has 5 rings (SSSR count). The molecule has 0 aliphatic carbocycles. The monoisotopic (exact) mass is 703 g/mol. The van der Waals surface area contributed by atoms with E-state index in [-0.39, 0.29) is 77.6 Å². The molecule has 4 heterocycles. The summed E-state index contributed by atoms with van der Waals surface area (Å²) < 4.78 is 1.39. The highest BCUT2D eigenvalue weighted by atomic mass is 32.1. The standard InChI is InChI=1S/C35H41N7O5S2/c1-22(2)17-25-33-40-28(21-49-33)32(46)38-26(18-23-9-5-4-6-10-23)34-39-27(20-48-34)31(45)36-13-8-15-42(14-7-11-29(43)37-25)35(47)24-12-16-41(3)30(44)19-24/h4-6,9-10,12,16,19-22,25-26H,7-8,11,13-15,17-18H2,1-3H3,(H,36,45)(H,37,43)(H,38,46)/t25-,26-/m0/s1. The Morgan fingerprint density at radius 3 is 2.27 bits per heavy atom. The van der Waals surface area contributed by atoms with E-state index in [0.717, 1.165) is 5.56 Å². The number of amides is 4. The second-order valence-electron chi connectivity index (χ2n) is 12.5. The van der Waals surface area contributed by atoms with Crippen molar-refractivity contribution in [1.82, 2.24) is 35.4 Å². The Morgan fingerprint density at radius 1 is 0.898 bits per heavy atom. The van der Waals surface area contributed by atoms with Gasteiger partial charge in [0, 0.05) is 61.7 Å². The van der Waals surface area contributed by atoms with Gasteiger partial charge in [-0.1, -0.05) is 44.2 Å². The van der Waals surface area contributed by atoms with Crippen LogP contribution in [0.4, 0.5) is 0 Å². The van der Waals surface area contributed by atoms with Gasteiger partial charge in [-0.05, 0) is 43.2 Å². The first kappa shape index (κ1) is 35.6. The molecule has 0 spiro atoms. The average molecular weight is 704 g/mol. The predicted octanol–water partition coefficient (Wildman–Crippen LogP) is 4.27. The zero-order chi connectivity index (χ0) is 34.9. The molecule has 0 unspecified atom stereocenters. The molecule has 258 valence electrons. The molecule has 3 N–H and O–H groups in total. The van der Waals surface area contributed by atoms with Crippen molar-refractivity contribution in [3.63, 3.8) is 0 Å². The first-order valence-electron chi connectivity index (χ1n) is 16.4. The Kier molecular flexibility index (Phi) is 12.1. The van der Waals surface area contributed by atoms with E-state index in [1.165, 1.54) is 33.3 Å². The minimum Gasteiger partial charge on any atom is -0.351 e. The van der Waals surface area contributed by atoms with Gasteiger partial charge < -0.3 is 25.4 Å². The van der Waals surface area contributed by atoms with E-state index in [1.54, 1.807) is 35.0 Å². The molecule has 0 saturated carbocycles. The lowest BCUT2D eigenvalue weighted by molar-refractivity contribution is -0.122. The van der Waals surface area contributed by atoms with E-state index in [2.05, 4.69) is 39.8 Å². The van der Waals surface area contributed by atoms with Crippen LogP contribution in [0.25, 0.3) is 0 Å².